The number of hydrogen-bond donors (Lipinski definition) is 1. The first kappa shape index (κ1) is 20.8. The van der Waals surface area contributed by atoms with Crippen molar-refractivity contribution in [3.05, 3.63) is 59.3 Å². The lowest BCUT2D eigenvalue weighted by molar-refractivity contribution is 0.0280. The van der Waals surface area contributed by atoms with Gasteiger partial charge in [-0.15, -0.1) is 0 Å². The van der Waals surface area contributed by atoms with Gasteiger partial charge in [0.1, 0.15) is 11.4 Å². The molecule has 2 aliphatic heterocycles. The predicted molar refractivity (Wildman–Crippen MR) is 127 cm³/mol. The monoisotopic (exact) mass is 421 g/mol. The van der Waals surface area contributed by atoms with Crippen LogP contribution in [0.15, 0.2) is 48.5 Å². The van der Waals surface area contributed by atoms with Crippen LogP contribution in [0, 0.1) is 5.21 Å². The fourth-order valence-corrected chi connectivity index (χ4v) is 6.29. The molecule has 2 aromatic rings. The molecule has 1 aliphatic carbocycles. The molecule has 2 aromatic carbocycles. The number of piperidine rings is 1. The molecule has 166 valence electrons. The van der Waals surface area contributed by atoms with Gasteiger partial charge < -0.3 is 19.9 Å². The standard InChI is InChI=1S/C26H35N3O2/c1-31-23-11-12-25-24(19-23)27-20-29(25,30)22-13-17-28(18-14-22)26(15-7-2-3-8-16-26)21-9-5-4-6-10-21/h4-6,9-12,19,22,27H,2-3,7-8,13-18,20H2,1H3. The molecule has 0 radical (unpaired) electrons. The van der Waals surface area contributed by atoms with Crippen LogP contribution in [-0.4, -0.2) is 37.8 Å². The van der Waals surface area contributed by atoms with E-state index in [0.717, 1.165) is 43.1 Å². The number of hydroxylamine groups is 2. The fourth-order valence-electron chi connectivity index (χ4n) is 6.29. The largest absolute Gasteiger partial charge is 0.626 e. The quantitative estimate of drug-likeness (QED) is 0.397. The number of methoxy groups -OCH3 is 1. The topological polar surface area (TPSA) is 47.6 Å². The molecule has 31 heavy (non-hydrogen) atoms. The van der Waals surface area contributed by atoms with Crippen molar-refractivity contribution in [2.24, 2.45) is 0 Å². The first-order valence-electron chi connectivity index (χ1n) is 12.0. The summed E-state index contributed by atoms with van der Waals surface area (Å²) in [6.07, 6.45) is 9.67. The Bertz CT molecular complexity index is 887. The smallest absolute Gasteiger partial charge is 0.158 e. The molecule has 1 N–H and O–H groups in total. The number of hydrogen-bond acceptors (Lipinski definition) is 4. The minimum atomic E-state index is -0.245. The van der Waals surface area contributed by atoms with E-state index in [0.29, 0.717) is 6.67 Å². The SMILES string of the molecule is COc1ccc2c(c1)NC[N+]2([O-])C1CCN(C2(c3ccccc3)CCCCCC2)CC1. The van der Waals surface area contributed by atoms with Crippen molar-refractivity contribution in [1.82, 2.24) is 9.55 Å². The van der Waals surface area contributed by atoms with Crippen LogP contribution in [0.1, 0.15) is 56.9 Å². The Morgan fingerprint density at radius 1 is 1.00 bits per heavy atom. The Labute approximate surface area is 186 Å². The molecule has 0 aromatic heterocycles. The van der Waals surface area contributed by atoms with E-state index < -0.39 is 0 Å². The number of likely N-dealkylation sites (tertiary alicyclic amines) is 1. The zero-order valence-electron chi connectivity index (χ0n) is 18.7. The van der Waals surface area contributed by atoms with Gasteiger partial charge in [-0.05, 0) is 24.5 Å². The van der Waals surface area contributed by atoms with E-state index >= 15 is 0 Å². The Hall–Kier alpha value is -2.08. The molecular formula is C26H35N3O2. The van der Waals surface area contributed by atoms with E-state index in [-0.39, 0.29) is 16.2 Å². The van der Waals surface area contributed by atoms with Crippen LogP contribution in [-0.2, 0) is 5.54 Å². The van der Waals surface area contributed by atoms with Gasteiger partial charge in [0.2, 0.25) is 0 Å². The molecule has 0 bridgehead atoms. The Morgan fingerprint density at radius 3 is 2.39 bits per heavy atom. The van der Waals surface area contributed by atoms with Gasteiger partial charge in [-0.2, -0.15) is 0 Å². The number of anilines is 1. The Morgan fingerprint density at radius 2 is 1.71 bits per heavy atom. The predicted octanol–water partition coefficient (Wildman–Crippen LogP) is 5.60. The average molecular weight is 422 g/mol. The van der Waals surface area contributed by atoms with E-state index in [2.05, 4.69) is 40.5 Å². The van der Waals surface area contributed by atoms with Crippen LogP contribution in [0.3, 0.4) is 0 Å². The van der Waals surface area contributed by atoms with Crippen molar-refractivity contribution in [2.45, 2.75) is 62.9 Å². The van der Waals surface area contributed by atoms with Gasteiger partial charge in [-0.1, -0.05) is 56.0 Å². The number of quaternary nitrogens is 1. The minimum absolute atomic E-state index is 0.108. The van der Waals surface area contributed by atoms with Gasteiger partial charge in [0.15, 0.2) is 12.4 Å². The second kappa shape index (κ2) is 8.45. The Balaban J connectivity index is 1.36. The van der Waals surface area contributed by atoms with E-state index in [1.165, 1.54) is 44.1 Å². The summed E-state index contributed by atoms with van der Waals surface area (Å²) >= 11 is 0. The normalized spacial score (nSPS) is 26.6. The van der Waals surface area contributed by atoms with Gasteiger partial charge in [0.25, 0.3) is 0 Å². The van der Waals surface area contributed by atoms with Crippen LogP contribution in [0.25, 0.3) is 0 Å². The third-order valence-corrected chi connectivity index (χ3v) is 8.02. The van der Waals surface area contributed by atoms with Crippen LogP contribution >= 0.6 is 0 Å². The lowest BCUT2D eigenvalue weighted by Crippen LogP contribution is -2.58. The molecular weight excluding hydrogens is 386 g/mol. The maximum absolute atomic E-state index is 14.0. The zero-order valence-corrected chi connectivity index (χ0v) is 18.7. The molecule has 0 amide bonds. The van der Waals surface area contributed by atoms with Crippen molar-refractivity contribution in [1.29, 1.82) is 0 Å². The van der Waals surface area contributed by atoms with Crippen molar-refractivity contribution in [2.75, 3.05) is 32.2 Å². The summed E-state index contributed by atoms with van der Waals surface area (Å²) in [5.41, 5.74) is 3.42. The van der Waals surface area contributed by atoms with Crippen molar-refractivity contribution >= 4 is 11.4 Å². The number of ether oxygens (including phenoxy) is 1. The molecule has 5 rings (SSSR count). The summed E-state index contributed by atoms with van der Waals surface area (Å²) < 4.78 is 5.10. The highest BCUT2D eigenvalue weighted by Gasteiger charge is 2.45. The van der Waals surface area contributed by atoms with Crippen molar-refractivity contribution in [3.63, 3.8) is 0 Å². The molecule has 5 heteroatoms. The minimum Gasteiger partial charge on any atom is -0.626 e. The highest BCUT2D eigenvalue weighted by atomic mass is 16.6. The second-order valence-electron chi connectivity index (χ2n) is 9.54. The van der Waals surface area contributed by atoms with Gasteiger partial charge >= 0.3 is 0 Å². The molecule has 0 spiro atoms. The van der Waals surface area contributed by atoms with Gasteiger partial charge in [-0.3, -0.25) is 4.90 Å². The average Bonchev–Trinajstić information content (AvgIpc) is 3.00. The van der Waals surface area contributed by atoms with Crippen molar-refractivity contribution in [3.8, 4) is 5.75 Å². The molecule has 3 aliphatic rings. The molecule has 2 fully saturated rings. The third kappa shape index (κ3) is 3.63. The highest BCUT2D eigenvalue weighted by molar-refractivity contribution is 5.74. The van der Waals surface area contributed by atoms with Gasteiger partial charge in [0, 0.05) is 43.6 Å². The summed E-state index contributed by atoms with van der Waals surface area (Å²) in [4.78, 5) is 2.73. The molecule has 1 saturated heterocycles. The number of nitrogens with one attached hydrogen (secondary N) is 1. The van der Waals surface area contributed by atoms with Crippen LogP contribution in [0.4, 0.5) is 11.4 Å². The fraction of sp³-hybridized carbons (Fsp3) is 0.538. The number of nitrogens with zero attached hydrogens (tertiary/aromatic N) is 2. The van der Waals surface area contributed by atoms with Gasteiger partial charge in [-0.25, -0.2) is 0 Å². The second-order valence-corrected chi connectivity index (χ2v) is 9.54. The Kier molecular flexibility index (Phi) is 5.67. The van der Waals surface area contributed by atoms with E-state index in [4.69, 9.17) is 4.74 Å². The first-order chi connectivity index (χ1) is 15.2. The summed E-state index contributed by atoms with van der Waals surface area (Å²) in [6.45, 7) is 2.44. The molecule has 1 atom stereocenters. The van der Waals surface area contributed by atoms with Crippen LogP contribution < -0.4 is 14.7 Å². The summed E-state index contributed by atoms with van der Waals surface area (Å²) in [6, 6.07) is 17.1. The van der Waals surface area contributed by atoms with E-state index in [1.54, 1.807) is 7.11 Å². The molecule has 1 saturated carbocycles. The number of fused-ring (bicyclic) bond motifs is 1. The molecule has 1 unspecified atom stereocenters. The third-order valence-electron chi connectivity index (χ3n) is 8.02. The maximum atomic E-state index is 14.0. The lowest BCUT2D eigenvalue weighted by atomic mass is 9.79. The van der Waals surface area contributed by atoms with E-state index in [9.17, 15) is 5.21 Å². The van der Waals surface area contributed by atoms with Crippen LogP contribution in [0.2, 0.25) is 0 Å². The van der Waals surface area contributed by atoms with Crippen molar-refractivity contribution < 1.29 is 4.74 Å². The molecule has 5 nitrogen and oxygen atoms in total. The van der Waals surface area contributed by atoms with Crippen LogP contribution in [0.5, 0.6) is 5.75 Å². The summed E-state index contributed by atoms with van der Waals surface area (Å²) in [5, 5.41) is 17.3. The first-order valence-corrected chi connectivity index (χ1v) is 12.0. The van der Waals surface area contributed by atoms with E-state index in [1.807, 2.05) is 18.2 Å². The zero-order chi connectivity index (χ0) is 21.3. The van der Waals surface area contributed by atoms with Gasteiger partial charge in [0.05, 0.1) is 13.2 Å². The molecule has 2 heterocycles. The number of rotatable bonds is 4. The highest BCUT2D eigenvalue weighted by Crippen LogP contribution is 2.46. The maximum Gasteiger partial charge on any atom is 0.158 e. The summed E-state index contributed by atoms with van der Waals surface area (Å²) in [7, 11) is 1.67. The summed E-state index contributed by atoms with van der Waals surface area (Å²) in [5.74, 6) is 0.799. The number of benzene rings is 2. The lowest BCUT2D eigenvalue weighted by Gasteiger charge is -2.52.